The number of rotatable bonds is 9. The molecule has 322 valence electrons. The number of nitrogens with one attached hydrogen (secondary N) is 2. The number of allylic oxidation sites excluding steroid dienone is 2. The molecule has 0 bridgehead atoms. The number of ether oxygens (including phenoxy) is 2. The molecule has 2 fully saturated rings. The van der Waals surface area contributed by atoms with Gasteiger partial charge in [0, 0.05) is 43.9 Å². The normalized spacial score (nSPS) is 25.1. The summed E-state index contributed by atoms with van der Waals surface area (Å²) in [5.41, 5.74) is 1.32. The highest BCUT2D eigenvalue weighted by atomic mass is 32.2. The van der Waals surface area contributed by atoms with Crippen LogP contribution in [-0.2, 0) is 29.3 Å². The van der Waals surface area contributed by atoms with Crippen molar-refractivity contribution in [2.45, 2.75) is 136 Å². The quantitative estimate of drug-likeness (QED) is 0.225. The Hall–Kier alpha value is -4.35. The van der Waals surface area contributed by atoms with Gasteiger partial charge in [0.25, 0.3) is 6.01 Å². The largest absolute Gasteiger partial charge is 0.459 e. The standard InChI is InChI=1S/C42H59N7O8S2/c1-25(2)31-24-58-36(43-31)29-17-15-19-32-35(29)45-39(49(32)26(3)4)56-28-20-33-34(50)22-42(38(52)46-59(54,55)47(8)9)21-27(42)16-13-11-10-12-14-18-30(37(51)48(33)23-28)44-40(53)57-41(5,6)7/h13,15-17,19,24-28,30,33H,10-12,14,18,20-23H2,1-9H3,(H,44,53)(H,46,52)/b16-13-/t27-,28+,30-,33-,42+/m0/s1. The Morgan fingerprint density at radius 1 is 1.07 bits per heavy atom. The molecule has 2 aromatic heterocycles. The molecule has 1 aliphatic carbocycles. The number of hydrogen-bond acceptors (Lipinski definition) is 11. The second-order valence-electron chi connectivity index (χ2n) is 17.8. The van der Waals surface area contributed by atoms with E-state index < -0.39 is 63.1 Å². The zero-order valence-electron chi connectivity index (χ0n) is 35.6. The van der Waals surface area contributed by atoms with Crippen LogP contribution in [0, 0.1) is 11.3 Å². The summed E-state index contributed by atoms with van der Waals surface area (Å²) in [6.07, 6.45) is 5.76. The number of fused-ring (bicyclic) bond motifs is 3. The zero-order valence-corrected chi connectivity index (χ0v) is 37.2. The first-order valence-electron chi connectivity index (χ1n) is 20.6. The molecule has 3 aromatic rings. The molecule has 4 heterocycles. The van der Waals surface area contributed by atoms with Gasteiger partial charge in [0.15, 0.2) is 5.78 Å². The molecule has 2 aliphatic heterocycles. The smallest absolute Gasteiger partial charge is 0.408 e. The van der Waals surface area contributed by atoms with Crippen molar-refractivity contribution in [1.29, 1.82) is 0 Å². The molecule has 1 saturated heterocycles. The van der Waals surface area contributed by atoms with Crippen molar-refractivity contribution in [2.24, 2.45) is 11.3 Å². The number of aromatic nitrogens is 3. The van der Waals surface area contributed by atoms with Crippen LogP contribution in [0.4, 0.5) is 4.79 Å². The molecule has 5 atom stereocenters. The minimum absolute atomic E-state index is 0.0116. The summed E-state index contributed by atoms with van der Waals surface area (Å²) in [5, 5.41) is 5.69. The third kappa shape index (κ3) is 9.83. The van der Waals surface area contributed by atoms with Gasteiger partial charge in [-0.1, -0.05) is 44.9 Å². The number of carbonyl (C=O) groups is 4. The average molecular weight is 854 g/mol. The number of ketones is 1. The SMILES string of the molecule is CC(C)c1csc(-c2cccc3c2nc(O[C@@H]2C[C@H]4C(=O)C[C@]5(C(=O)NS(=O)(=O)N(C)C)C[C@@H]5/C=C\CCCCC[C@H](NC(=O)OC(C)(C)C)C(=O)N4C2)n3C(C)C)n1. The lowest BCUT2D eigenvalue weighted by Crippen LogP contribution is -2.53. The van der Waals surface area contributed by atoms with E-state index in [1.165, 1.54) is 19.0 Å². The van der Waals surface area contributed by atoms with E-state index in [1.807, 2.05) is 48.8 Å². The summed E-state index contributed by atoms with van der Waals surface area (Å²) < 4.78 is 43.0. The fraction of sp³-hybridized carbons (Fsp3) is 0.619. The number of amides is 3. The Bertz CT molecular complexity index is 2210. The fourth-order valence-corrected chi connectivity index (χ4v) is 9.56. The number of thiazole rings is 1. The minimum atomic E-state index is -4.14. The van der Waals surface area contributed by atoms with Crippen LogP contribution < -0.4 is 14.8 Å². The van der Waals surface area contributed by atoms with Crippen molar-refractivity contribution < 1.29 is 37.1 Å². The lowest BCUT2D eigenvalue weighted by molar-refractivity contribution is -0.140. The molecule has 1 aromatic carbocycles. The van der Waals surface area contributed by atoms with E-state index in [4.69, 9.17) is 19.4 Å². The maximum absolute atomic E-state index is 14.7. The monoisotopic (exact) mass is 853 g/mol. The first-order valence-corrected chi connectivity index (χ1v) is 22.9. The van der Waals surface area contributed by atoms with Crippen LogP contribution in [0.1, 0.15) is 117 Å². The van der Waals surface area contributed by atoms with E-state index in [-0.39, 0.29) is 43.7 Å². The predicted octanol–water partition coefficient (Wildman–Crippen LogP) is 6.51. The summed E-state index contributed by atoms with van der Waals surface area (Å²) >= 11 is 1.56. The molecule has 6 rings (SSSR count). The maximum Gasteiger partial charge on any atom is 0.408 e. The van der Waals surface area contributed by atoms with Gasteiger partial charge in [-0.15, -0.1) is 11.3 Å². The number of nitrogens with zero attached hydrogens (tertiary/aromatic N) is 5. The number of alkyl carbamates (subject to hydrolysis) is 1. The minimum Gasteiger partial charge on any atom is -0.459 e. The van der Waals surface area contributed by atoms with Gasteiger partial charge in [-0.2, -0.15) is 17.7 Å². The van der Waals surface area contributed by atoms with Crippen molar-refractivity contribution in [3.63, 3.8) is 0 Å². The third-order valence-electron chi connectivity index (χ3n) is 11.2. The second kappa shape index (κ2) is 17.3. The van der Waals surface area contributed by atoms with E-state index >= 15 is 0 Å². The van der Waals surface area contributed by atoms with Crippen molar-refractivity contribution >= 4 is 56.3 Å². The molecule has 3 aliphatic rings. The zero-order chi connectivity index (χ0) is 43.0. The molecular formula is C42H59N7O8S2. The number of hydrogen-bond donors (Lipinski definition) is 2. The van der Waals surface area contributed by atoms with E-state index in [2.05, 4.69) is 29.3 Å². The molecule has 0 radical (unpaired) electrons. The van der Waals surface area contributed by atoms with Gasteiger partial charge in [-0.05, 0) is 84.3 Å². The van der Waals surface area contributed by atoms with Gasteiger partial charge >= 0.3 is 16.3 Å². The highest BCUT2D eigenvalue weighted by molar-refractivity contribution is 7.87. The first kappa shape index (κ1) is 44.2. The molecule has 59 heavy (non-hydrogen) atoms. The summed E-state index contributed by atoms with van der Waals surface area (Å²) in [6, 6.07) is 4.18. The molecule has 3 amide bonds. The number of benzene rings is 1. The average Bonchev–Trinajstić information content (AvgIpc) is 3.50. The van der Waals surface area contributed by atoms with Crippen LogP contribution in [-0.4, -0.2) is 100 Å². The summed E-state index contributed by atoms with van der Waals surface area (Å²) in [4.78, 5) is 67.7. The van der Waals surface area contributed by atoms with Crippen LogP contribution in [0.5, 0.6) is 6.01 Å². The Morgan fingerprint density at radius 2 is 1.81 bits per heavy atom. The van der Waals surface area contributed by atoms with Crippen LogP contribution in [0.25, 0.3) is 21.6 Å². The highest BCUT2D eigenvalue weighted by Crippen LogP contribution is 2.57. The fourth-order valence-electron chi connectivity index (χ4n) is 7.93. The van der Waals surface area contributed by atoms with Gasteiger partial charge < -0.3 is 19.7 Å². The van der Waals surface area contributed by atoms with E-state index in [9.17, 15) is 27.6 Å². The summed E-state index contributed by atoms with van der Waals surface area (Å²) in [6.45, 7) is 13.5. The van der Waals surface area contributed by atoms with Crippen molar-refractivity contribution in [1.82, 2.24) is 33.8 Å². The van der Waals surface area contributed by atoms with Gasteiger partial charge in [0.05, 0.1) is 29.2 Å². The Morgan fingerprint density at radius 3 is 2.47 bits per heavy atom. The molecular weight excluding hydrogens is 795 g/mol. The maximum atomic E-state index is 14.7. The summed E-state index contributed by atoms with van der Waals surface area (Å²) in [7, 11) is -1.50. The molecule has 17 heteroatoms. The van der Waals surface area contributed by atoms with Crippen molar-refractivity contribution in [3.8, 4) is 16.6 Å². The molecule has 0 unspecified atom stereocenters. The van der Waals surface area contributed by atoms with Gasteiger partial charge in [-0.3, -0.25) is 19.0 Å². The van der Waals surface area contributed by atoms with Crippen LogP contribution in [0.3, 0.4) is 0 Å². The molecule has 15 nitrogen and oxygen atoms in total. The van der Waals surface area contributed by atoms with Gasteiger partial charge in [-0.25, -0.2) is 14.5 Å². The molecule has 1 saturated carbocycles. The Labute approximate surface area is 351 Å². The Balaban J connectivity index is 1.36. The van der Waals surface area contributed by atoms with E-state index in [0.717, 1.165) is 44.4 Å². The number of imidazole rings is 1. The third-order valence-corrected chi connectivity index (χ3v) is 13.5. The topological polar surface area (TPSA) is 182 Å². The Kier molecular flexibility index (Phi) is 13.0. The van der Waals surface area contributed by atoms with Gasteiger partial charge in [0.1, 0.15) is 28.3 Å². The van der Waals surface area contributed by atoms with Crippen LogP contribution >= 0.6 is 11.3 Å². The number of para-hydroxylation sites is 1. The van der Waals surface area contributed by atoms with Crippen molar-refractivity contribution in [3.05, 3.63) is 41.4 Å². The lowest BCUT2D eigenvalue weighted by Gasteiger charge is -2.30. The van der Waals surface area contributed by atoms with Crippen molar-refractivity contribution in [2.75, 3.05) is 20.6 Å². The molecule has 2 N–H and O–H groups in total. The van der Waals surface area contributed by atoms with E-state index in [0.29, 0.717) is 25.3 Å². The molecule has 0 spiro atoms. The summed E-state index contributed by atoms with van der Waals surface area (Å²) in [5.74, 6) is -1.70. The lowest BCUT2D eigenvalue weighted by atomic mass is 9.91. The van der Waals surface area contributed by atoms with Crippen LogP contribution in [0.15, 0.2) is 35.7 Å². The predicted molar refractivity (Wildman–Crippen MR) is 226 cm³/mol. The van der Waals surface area contributed by atoms with E-state index in [1.54, 1.807) is 32.1 Å². The first-order chi connectivity index (χ1) is 27.7. The second-order valence-corrected chi connectivity index (χ2v) is 20.6. The number of Topliss-reactive ketones (excluding diaryl/α,β-unsaturated/α-hetero) is 1. The number of carbonyl (C=O) groups excluding carboxylic acids is 4. The van der Waals surface area contributed by atoms with Gasteiger partial charge in [0.2, 0.25) is 11.8 Å². The van der Waals surface area contributed by atoms with Crippen LogP contribution in [0.2, 0.25) is 0 Å². The highest BCUT2D eigenvalue weighted by Gasteiger charge is 2.61.